The van der Waals surface area contributed by atoms with Crippen LogP contribution in [0, 0.1) is 11.8 Å². The fraction of sp³-hybridized carbons (Fsp3) is 0.500. The summed E-state index contributed by atoms with van der Waals surface area (Å²) in [5.74, 6) is 1.27. The smallest absolute Gasteiger partial charge is 0.308 e. The first-order valence-corrected chi connectivity index (χ1v) is 10.9. The van der Waals surface area contributed by atoms with Crippen molar-refractivity contribution in [1.82, 2.24) is 4.57 Å². The number of hydrogen-bond donors (Lipinski definition) is 1. The Morgan fingerprint density at radius 1 is 1.13 bits per heavy atom. The van der Waals surface area contributed by atoms with Crippen LogP contribution in [0.25, 0.3) is 0 Å². The van der Waals surface area contributed by atoms with Gasteiger partial charge in [-0.05, 0) is 24.6 Å². The lowest BCUT2D eigenvalue weighted by Gasteiger charge is -2.41. The number of nitrogens with zero attached hydrogens (tertiary/aromatic N) is 1. The molecule has 1 aromatic heterocycles. The molecule has 2 aliphatic heterocycles. The Labute approximate surface area is 189 Å². The lowest BCUT2D eigenvalue weighted by molar-refractivity contribution is -0.913. The molecule has 1 saturated heterocycles. The van der Waals surface area contributed by atoms with Gasteiger partial charge in [0.05, 0.1) is 19.0 Å². The van der Waals surface area contributed by atoms with Crippen LogP contribution >= 0.6 is 0 Å². The van der Waals surface area contributed by atoms with Gasteiger partial charge >= 0.3 is 5.97 Å². The Morgan fingerprint density at radius 2 is 1.90 bits per heavy atom. The number of carbonyl (C=O) groups is 1. The minimum absolute atomic E-state index is 0. The van der Waals surface area contributed by atoms with Gasteiger partial charge in [-0.3, -0.25) is 9.59 Å². The highest BCUT2D eigenvalue weighted by molar-refractivity contribution is 5.71. The Kier molecular flexibility index (Phi) is 7.79. The lowest BCUT2D eigenvalue weighted by Crippen LogP contribution is -3.15. The van der Waals surface area contributed by atoms with Gasteiger partial charge < -0.3 is 31.3 Å². The summed E-state index contributed by atoms with van der Waals surface area (Å²) in [6, 6.07) is 15.2. The molecular formula is C24H31ClN2O4. The molecule has 1 aromatic carbocycles. The molecule has 2 aromatic rings. The summed E-state index contributed by atoms with van der Waals surface area (Å²) >= 11 is 0. The standard InChI is InChI=1S/C24H30N2O4.ClH/c1-17(2)24(28)30-21(16-29-20-7-4-3-5-8-20)15-25-12-18-11-19(14-25)22-9-6-10-23(27)26(22)13-18;/h3-10,17-19,21H,11-16H2,1-2H3;1H. The quantitative estimate of drug-likeness (QED) is 0.526. The number of aromatic nitrogens is 1. The van der Waals surface area contributed by atoms with Crippen molar-refractivity contribution in [3.8, 4) is 5.75 Å². The number of fused-ring (bicyclic) bond motifs is 4. The van der Waals surface area contributed by atoms with Gasteiger partial charge in [0.2, 0.25) is 0 Å². The molecule has 2 bridgehead atoms. The third-order valence-electron chi connectivity index (χ3n) is 6.12. The molecule has 0 spiro atoms. The number of pyridine rings is 1. The van der Waals surface area contributed by atoms with E-state index in [-0.39, 0.29) is 36.0 Å². The SMILES string of the molecule is CC(C)C(=O)OC(COc1ccccc1)C[NH+]1CC2CC(C1)c1cccc(=O)n1C2.[Cl-]. The molecule has 3 heterocycles. The number of hydrogen-bond acceptors (Lipinski definition) is 4. The molecule has 31 heavy (non-hydrogen) atoms. The van der Waals surface area contributed by atoms with E-state index in [0.717, 1.165) is 44.0 Å². The molecule has 4 atom stereocenters. The summed E-state index contributed by atoms with van der Waals surface area (Å²) in [4.78, 5) is 25.9. The molecular weight excluding hydrogens is 416 g/mol. The highest BCUT2D eigenvalue weighted by Crippen LogP contribution is 2.30. The van der Waals surface area contributed by atoms with Gasteiger partial charge in [-0.25, -0.2) is 0 Å². The van der Waals surface area contributed by atoms with Crippen LogP contribution in [0.15, 0.2) is 53.3 Å². The first kappa shape index (κ1) is 23.4. The molecule has 0 aliphatic carbocycles. The van der Waals surface area contributed by atoms with Crippen molar-refractivity contribution in [3.63, 3.8) is 0 Å². The summed E-state index contributed by atoms with van der Waals surface area (Å²) in [5, 5.41) is 0. The number of likely N-dealkylation sites (tertiary alicyclic amines) is 1. The topological polar surface area (TPSA) is 62.0 Å². The normalized spacial score (nSPS) is 22.7. The van der Waals surface area contributed by atoms with Crippen molar-refractivity contribution in [2.24, 2.45) is 11.8 Å². The molecule has 6 nitrogen and oxygen atoms in total. The largest absolute Gasteiger partial charge is 1.00 e. The van der Waals surface area contributed by atoms with Crippen LogP contribution in [0.1, 0.15) is 31.9 Å². The Hall–Kier alpha value is -2.31. The number of para-hydroxylation sites is 1. The Morgan fingerprint density at radius 3 is 2.65 bits per heavy atom. The Balaban J connectivity index is 0.00000272. The van der Waals surface area contributed by atoms with Crippen LogP contribution in [0.5, 0.6) is 5.75 Å². The third kappa shape index (κ3) is 5.69. The van der Waals surface area contributed by atoms with E-state index >= 15 is 0 Å². The monoisotopic (exact) mass is 446 g/mol. The van der Waals surface area contributed by atoms with Crippen LogP contribution in [-0.2, 0) is 16.1 Å². The lowest BCUT2D eigenvalue weighted by atomic mass is 9.83. The maximum Gasteiger partial charge on any atom is 0.308 e. The number of carbonyl (C=O) groups excluding carboxylic acids is 1. The van der Waals surface area contributed by atoms with E-state index in [1.54, 1.807) is 6.07 Å². The van der Waals surface area contributed by atoms with Crippen molar-refractivity contribution >= 4 is 5.97 Å². The van der Waals surface area contributed by atoms with Crippen LogP contribution in [0.2, 0.25) is 0 Å². The first-order valence-electron chi connectivity index (χ1n) is 10.9. The molecule has 1 N–H and O–H groups in total. The van der Waals surface area contributed by atoms with Crippen molar-refractivity contribution in [1.29, 1.82) is 0 Å². The molecule has 7 heteroatoms. The number of ether oxygens (including phenoxy) is 2. The van der Waals surface area contributed by atoms with Crippen LogP contribution in [0.3, 0.4) is 0 Å². The number of piperidine rings is 1. The van der Waals surface area contributed by atoms with E-state index in [2.05, 4.69) is 6.07 Å². The number of rotatable bonds is 7. The van der Waals surface area contributed by atoms with Crippen molar-refractivity contribution in [3.05, 3.63) is 64.6 Å². The fourth-order valence-corrected chi connectivity index (χ4v) is 4.75. The van der Waals surface area contributed by atoms with Gasteiger partial charge in [-0.1, -0.05) is 38.1 Å². The zero-order valence-corrected chi connectivity index (χ0v) is 18.9. The van der Waals surface area contributed by atoms with Gasteiger partial charge in [0.15, 0.2) is 6.10 Å². The second-order valence-corrected chi connectivity index (χ2v) is 8.90. The third-order valence-corrected chi connectivity index (χ3v) is 6.12. The molecule has 1 fully saturated rings. The zero-order chi connectivity index (χ0) is 21.1. The number of esters is 1. The average Bonchev–Trinajstić information content (AvgIpc) is 2.73. The fourth-order valence-electron chi connectivity index (χ4n) is 4.75. The predicted molar refractivity (Wildman–Crippen MR) is 114 cm³/mol. The zero-order valence-electron chi connectivity index (χ0n) is 18.1. The maximum absolute atomic E-state index is 12.3. The molecule has 0 saturated carbocycles. The first-order chi connectivity index (χ1) is 14.5. The van der Waals surface area contributed by atoms with Crippen LogP contribution in [-0.4, -0.2) is 42.9 Å². The van der Waals surface area contributed by atoms with E-state index in [9.17, 15) is 9.59 Å². The summed E-state index contributed by atoms with van der Waals surface area (Å²) in [6.07, 6.45) is 0.830. The van der Waals surface area contributed by atoms with E-state index in [1.165, 1.54) is 4.90 Å². The van der Waals surface area contributed by atoms with Crippen molar-refractivity contribution < 1.29 is 31.6 Å². The van der Waals surface area contributed by atoms with E-state index in [0.29, 0.717) is 18.4 Å². The van der Waals surface area contributed by atoms with E-state index in [4.69, 9.17) is 9.47 Å². The molecule has 2 aliphatic rings. The van der Waals surface area contributed by atoms with E-state index in [1.807, 2.05) is 54.8 Å². The second kappa shape index (κ2) is 10.3. The molecule has 168 valence electrons. The van der Waals surface area contributed by atoms with Crippen LogP contribution < -0.4 is 27.6 Å². The Bertz CT molecular complexity index is 931. The number of halogens is 1. The second-order valence-electron chi connectivity index (χ2n) is 8.90. The molecule has 4 rings (SSSR count). The van der Waals surface area contributed by atoms with Gasteiger partial charge in [0.1, 0.15) is 18.9 Å². The minimum Gasteiger partial charge on any atom is -1.00 e. The predicted octanol–water partition coefficient (Wildman–Crippen LogP) is -1.50. The van der Waals surface area contributed by atoms with Gasteiger partial charge in [0, 0.05) is 30.1 Å². The van der Waals surface area contributed by atoms with E-state index < -0.39 is 0 Å². The van der Waals surface area contributed by atoms with Crippen molar-refractivity contribution in [2.75, 3.05) is 26.2 Å². The summed E-state index contributed by atoms with van der Waals surface area (Å²) in [5.41, 5.74) is 1.25. The van der Waals surface area contributed by atoms with Crippen molar-refractivity contribution in [2.45, 2.75) is 38.8 Å². The van der Waals surface area contributed by atoms with Gasteiger partial charge in [-0.15, -0.1) is 0 Å². The molecule has 0 radical (unpaired) electrons. The summed E-state index contributed by atoms with van der Waals surface area (Å²) in [7, 11) is 0. The number of quaternary nitrogens is 1. The minimum atomic E-state index is -0.299. The maximum atomic E-state index is 12.3. The highest BCUT2D eigenvalue weighted by atomic mass is 35.5. The van der Waals surface area contributed by atoms with Gasteiger partial charge in [-0.2, -0.15) is 0 Å². The molecule has 0 amide bonds. The molecule has 4 unspecified atom stereocenters. The highest BCUT2D eigenvalue weighted by Gasteiger charge is 2.38. The number of benzene rings is 1. The van der Waals surface area contributed by atoms with Crippen LogP contribution in [0.4, 0.5) is 0 Å². The summed E-state index contributed by atoms with van der Waals surface area (Å²) in [6.45, 7) is 7.48. The summed E-state index contributed by atoms with van der Waals surface area (Å²) < 4.78 is 13.7. The average molecular weight is 447 g/mol. The van der Waals surface area contributed by atoms with Gasteiger partial charge in [0.25, 0.3) is 5.56 Å². The number of nitrogens with one attached hydrogen (secondary N) is 1.